The lowest BCUT2D eigenvalue weighted by Crippen LogP contribution is -2.40. The van der Waals surface area contributed by atoms with E-state index in [1.807, 2.05) is 32.9 Å². The van der Waals surface area contributed by atoms with Crippen LogP contribution in [0.25, 0.3) is 22.4 Å². The van der Waals surface area contributed by atoms with E-state index in [0.717, 1.165) is 25.9 Å². The van der Waals surface area contributed by atoms with Crippen LogP contribution in [0.1, 0.15) is 33.6 Å². The molecule has 0 atom stereocenters. The molecule has 1 amide bonds. The van der Waals surface area contributed by atoms with Gasteiger partial charge in [0.05, 0.1) is 5.39 Å². The van der Waals surface area contributed by atoms with E-state index in [-0.39, 0.29) is 11.5 Å². The Kier molecular flexibility index (Phi) is 6.12. The highest BCUT2D eigenvalue weighted by Gasteiger charge is 2.23. The Balaban J connectivity index is 1.40. The smallest absolute Gasteiger partial charge is 0.407 e. The monoisotopic (exact) mass is 436 g/mol. The molecule has 168 valence electrons. The van der Waals surface area contributed by atoms with Gasteiger partial charge in [0.1, 0.15) is 16.9 Å². The Morgan fingerprint density at radius 2 is 1.97 bits per heavy atom. The molecule has 0 spiro atoms. The Morgan fingerprint density at radius 3 is 2.72 bits per heavy atom. The van der Waals surface area contributed by atoms with Crippen molar-refractivity contribution in [2.75, 3.05) is 24.5 Å². The number of fused-ring (bicyclic) bond motifs is 1. The van der Waals surface area contributed by atoms with E-state index in [4.69, 9.17) is 9.15 Å². The van der Waals surface area contributed by atoms with Crippen molar-refractivity contribution in [3.05, 3.63) is 52.8 Å². The standard InChI is InChI=1S/C24H28N4O4/c1-24(2,3)32-23(30)26-15-16-9-12-28(13-10-16)22-25-11-8-18(27-22)21-14-19(29)17-6-4-5-7-20(17)31-21/h4-8,11,14,16H,9-10,12-13,15H2,1-3H3,(H,26,30). The van der Waals surface area contributed by atoms with E-state index in [0.29, 0.717) is 40.8 Å². The second kappa shape index (κ2) is 8.98. The van der Waals surface area contributed by atoms with Gasteiger partial charge in [0.2, 0.25) is 5.95 Å². The summed E-state index contributed by atoms with van der Waals surface area (Å²) in [6, 6.07) is 10.4. The van der Waals surface area contributed by atoms with E-state index in [9.17, 15) is 9.59 Å². The zero-order chi connectivity index (χ0) is 22.7. The second-order valence-corrected chi connectivity index (χ2v) is 9.03. The maximum Gasteiger partial charge on any atom is 0.407 e. The van der Waals surface area contributed by atoms with Gasteiger partial charge < -0.3 is 19.4 Å². The molecule has 0 aliphatic carbocycles. The van der Waals surface area contributed by atoms with Gasteiger partial charge in [-0.3, -0.25) is 4.79 Å². The molecule has 0 radical (unpaired) electrons. The molecule has 32 heavy (non-hydrogen) atoms. The summed E-state index contributed by atoms with van der Waals surface area (Å²) >= 11 is 0. The Hall–Kier alpha value is -3.42. The van der Waals surface area contributed by atoms with Crippen LogP contribution < -0.4 is 15.6 Å². The molecule has 8 heteroatoms. The normalized spacial score (nSPS) is 15.0. The van der Waals surface area contributed by atoms with Gasteiger partial charge in [0.25, 0.3) is 0 Å². The summed E-state index contributed by atoms with van der Waals surface area (Å²) in [5.41, 5.74) is 0.514. The van der Waals surface area contributed by atoms with Crippen molar-refractivity contribution in [1.29, 1.82) is 0 Å². The summed E-state index contributed by atoms with van der Waals surface area (Å²) in [5.74, 6) is 1.41. The maximum absolute atomic E-state index is 12.4. The number of hydrogen-bond donors (Lipinski definition) is 1. The number of anilines is 1. The van der Waals surface area contributed by atoms with E-state index in [2.05, 4.69) is 20.2 Å². The number of alkyl carbamates (subject to hydrolysis) is 1. The lowest BCUT2D eigenvalue weighted by molar-refractivity contribution is 0.0516. The molecular weight excluding hydrogens is 408 g/mol. The van der Waals surface area contributed by atoms with Crippen molar-refractivity contribution in [1.82, 2.24) is 15.3 Å². The van der Waals surface area contributed by atoms with E-state index >= 15 is 0 Å². The summed E-state index contributed by atoms with van der Waals surface area (Å²) in [6.45, 7) is 7.70. The molecule has 2 aromatic heterocycles. The molecule has 0 bridgehead atoms. The molecule has 1 aliphatic heterocycles. The number of rotatable bonds is 4. The first kappa shape index (κ1) is 21.8. The third kappa shape index (κ3) is 5.25. The zero-order valence-corrected chi connectivity index (χ0v) is 18.6. The van der Waals surface area contributed by atoms with Crippen LogP contribution in [0.2, 0.25) is 0 Å². The number of para-hydroxylation sites is 1. The SMILES string of the molecule is CC(C)(C)OC(=O)NCC1CCN(c2nccc(-c3cc(=O)c4ccccc4o3)n2)CC1. The predicted molar refractivity (Wildman–Crippen MR) is 123 cm³/mol. The highest BCUT2D eigenvalue weighted by atomic mass is 16.6. The van der Waals surface area contributed by atoms with Crippen LogP contribution in [-0.2, 0) is 4.74 Å². The van der Waals surface area contributed by atoms with Gasteiger partial charge in [-0.15, -0.1) is 0 Å². The molecule has 1 N–H and O–H groups in total. The van der Waals surface area contributed by atoms with Gasteiger partial charge in [-0.05, 0) is 57.7 Å². The second-order valence-electron chi connectivity index (χ2n) is 9.03. The number of hydrogen-bond acceptors (Lipinski definition) is 7. The topological polar surface area (TPSA) is 97.6 Å². The molecule has 4 rings (SSSR count). The highest BCUT2D eigenvalue weighted by molar-refractivity contribution is 5.78. The average Bonchev–Trinajstić information content (AvgIpc) is 2.77. The number of carbonyl (C=O) groups excluding carboxylic acids is 1. The summed E-state index contributed by atoms with van der Waals surface area (Å²) in [5, 5.41) is 3.41. The predicted octanol–water partition coefficient (Wildman–Crippen LogP) is 3.99. The summed E-state index contributed by atoms with van der Waals surface area (Å²) < 4.78 is 11.2. The Labute approximate surface area is 186 Å². The first-order valence-corrected chi connectivity index (χ1v) is 10.9. The maximum atomic E-state index is 12.4. The summed E-state index contributed by atoms with van der Waals surface area (Å²) in [6.07, 6.45) is 3.12. The van der Waals surface area contributed by atoms with Crippen LogP contribution in [0.15, 0.2) is 51.8 Å². The van der Waals surface area contributed by atoms with Crippen LogP contribution in [0.4, 0.5) is 10.7 Å². The Morgan fingerprint density at radius 1 is 1.22 bits per heavy atom. The first-order valence-electron chi connectivity index (χ1n) is 10.9. The van der Waals surface area contributed by atoms with Gasteiger partial charge in [0.15, 0.2) is 11.2 Å². The quantitative estimate of drug-likeness (QED) is 0.660. The largest absolute Gasteiger partial charge is 0.454 e. The first-order chi connectivity index (χ1) is 15.3. The molecule has 0 saturated carbocycles. The molecule has 8 nitrogen and oxygen atoms in total. The third-order valence-corrected chi connectivity index (χ3v) is 5.36. The van der Waals surface area contributed by atoms with E-state index < -0.39 is 5.60 Å². The Bertz CT molecular complexity index is 1160. The van der Waals surface area contributed by atoms with Crippen molar-refractivity contribution < 1.29 is 13.9 Å². The number of ether oxygens (including phenoxy) is 1. The van der Waals surface area contributed by atoms with Crippen LogP contribution in [-0.4, -0.2) is 41.3 Å². The fourth-order valence-corrected chi connectivity index (χ4v) is 3.75. The van der Waals surface area contributed by atoms with Crippen LogP contribution >= 0.6 is 0 Å². The molecule has 1 aliphatic rings. The van der Waals surface area contributed by atoms with E-state index in [1.165, 1.54) is 6.07 Å². The molecular formula is C24H28N4O4. The van der Waals surface area contributed by atoms with Crippen molar-refractivity contribution >= 4 is 23.0 Å². The fourth-order valence-electron chi connectivity index (χ4n) is 3.75. The molecule has 3 heterocycles. The number of aromatic nitrogens is 2. The van der Waals surface area contributed by atoms with Crippen molar-refractivity contribution in [3.63, 3.8) is 0 Å². The van der Waals surface area contributed by atoms with Gasteiger partial charge in [-0.25, -0.2) is 14.8 Å². The lowest BCUT2D eigenvalue weighted by atomic mass is 9.97. The minimum atomic E-state index is -0.500. The minimum absolute atomic E-state index is 0.0969. The summed E-state index contributed by atoms with van der Waals surface area (Å²) in [7, 11) is 0. The number of piperidine rings is 1. The lowest BCUT2D eigenvalue weighted by Gasteiger charge is -2.32. The van der Waals surface area contributed by atoms with E-state index in [1.54, 1.807) is 24.4 Å². The average molecular weight is 437 g/mol. The minimum Gasteiger partial charge on any atom is -0.454 e. The number of carbonyl (C=O) groups is 1. The number of nitrogens with zero attached hydrogens (tertiary/aromatic N) is 3. The highest BCUT2D eigenvalue weighted by Crippen LogP contribution is 2.24. The summed E-state index contributed by atoms with van der Waals surface area (Å²) in [4.78, 5) is 35.5. The van der Waals surface area contributed by atoms with Crippen molar-refractivity contribution in [2.24, 2.45) is 5.92 Å². The number of amides is 1. The zero-order valence-electron chi connectivity index (χ0n) is 18.6. The van der Waals surface area contributed by atoms with Crippen LogP contribution in [0, 0.1) is 5.92 Å². The third-order valence-electron chi connectivity index (χ3n) is 5.36. The molecule has 0 unspecified atom stereocenters. The van der Waals surface area contributed by atoms with Gasteiger partial charge >= 0.3 is 6.09 Å². The van der Waals surface area contributed by atoms with Gasteiger partial charge in [-0.2, -0.15) is 0 Å². The fraction of sp³-hybridized carbons (Fsp3) is 0.417. The molecule has 1 fully saturated rings. The van der Waals surface area contributed by atoms with Crippen molar-refractivity contribution in [3.8, 4) is 11.5 Å². The number of benzene rings is 1. The van der Waals surface area contributed by atoms with Gasteiger partial charge in [0, 0.05) is 31.9 Å². The molecule has 3 aromatic rings. The van der Waals surface area contributed by atoms with Gasteiger partial charge in [-0.1, -0.05) is 12.1 Å². The number of nitrogens with one attached hydrogen (secondary N) is 1. The molecule has 1 aromatic carbocycles. The van der Waals surface area contributed by atoms with Crippen LogP contribution in [0.5, 0.6) is 0 Å². The van der Waals surface area contributed by atoms with Crippen LogP contribution in [0.3, 0.4) is 0 Å². The van der Waals surface area contributed by atoms with Crippen molar-refractivity contribution in [2.45, 2.75) is 39.2 Å². The molecule has 1 saturated heterocycles.